The van der Waals surface area contributed by atoms with Crippen molar-refractivity contribution in [2.45, 2.75) is 0 Å². The van der Waals surface area contributed by atoms with Crippen LogP contribution in [-0.2, 0) is 0 Å². The van der Waals surface area contributed by atoms with E-state index >= 15 is 0 Å². The van der Waals surface area contributed by atoms with Crippen LogP contribution in [0.5, 0.6) is 5.75 Å². The fourth-order valence-electron chi connectivity index (χ4n) is 1.56. The lowest BCUT2D eigenvalue weighted by molar-refractivity contribution is 0.247. The van der Waals surface area contributed by atoms with Gasteiger partial charge in [-0.05, 0) is 36.4 Å². The third kappa shape index (κ3) is 4.61. The molecule has 2 aromatic rings. The molecule has 20 heavy (non-hydrogen) atoms. The van der Waals surface area contributed by atoms with Gasteiger partial charge in [0, 0.05) is 5.69 Å². The number of rotatable bonds is 5. The first-order valence-corrected chi connectivity index (χ1v) is 6.22. The number of carbonyl (C=O) groups is 1. The fraction of sp³-hybridized carbons (Fsp3) is 0.133. The van der Waals surface area contributed by atoms with Crippen LogP contribution in [0.4, 0.5) is 14.9 Å². The van der Waals surface area contributed by atoms with E-state index in [1.165, 1.54) is 24.3 Å². The summed E-state index contributed by atoms with van der Waals surface area (Å²) >= 11 is 0. The third-order valence-corrected chi connectivity index (χ3v) is 2.50. The molecule has 0 spiro atoms. The second-order valence-electron chi connectivity index (χ2n) is 4.05. The molecule has 0 saturated carbocycles. The Bertz CT molecular complexity index is 544. The predicted molar refractivity (Wildman–Crippen MR) is 75.4 cm³/mol. The van der Waals surface area contributed by atoms with Gasteiger partial charge in [0.2, 0.25) is 0 Å². The first kappa shape index (κ1) is 13.9. The number of amides is 2. The minimum Gasteiger partial charge on any atom is -0.492 e. The van der Waals surface area contributed by atoms with E-state index in [2.05, 4.69) is 10.6 Å². The zero-order valence-corrected chi connectivity index (χ0v) is 10.8. The van der Waals surface area contributed by atoms with Crippen LogP contribution in [0.2, 0.25) is 0 Å². The van der Waals surface area contributed by atoms with E-state index in [-0.39, 0.29) is 11.8 Å². The number of urea groups is 1. The molecule has 5 heteroatoms. The lowest BCUT2D eigenvalue weighted by Gasteiger charge is -2.09. The first-order chi connectivity index (χ1) is 9.74. The Morgan fingerprint density at radius 2 is 1.75 bits per heavy atom. The molecule has 0 heterocycles. The van der Waals surface area contributed by atoms with Crippen LogP contribution in [0, 0.1) is 5.82 Å². The average molecular weight is 274 g/mol. The summed E-state index contributed by atoms with van der Waals surface area (Å²) in [5.41, 5.74) is 0.535. The highest BCUT2D eigenvalue weighted by Crippen LogP contribution is 2.08. The standard InChI is InChI=1S/C15H15FN2O2/c16-12-6-8-13(9-7-12)18-15(19)17-10-11-20-14-4-2-1-3-5-14/h1-9H,10-11H2,(H2,17,18,19). The van der Waals surface area contributed by atoms with E-state index in [0.717, 1.165) is 5.75 Å². The van der Waals surface area contributed by atoms with Crippen molar-refractivity contribution in [1.29, 1.82) is 0 Å². The highest BCUT2D eigenvalue weighted by Gasteiger charge is 2.01. The van der Waals surface area contributed by atoms with Crippen molar-refractivity contribution in [2.75, 3.05) is 18.5 Å². The van der Waals surface area contributed by atoms with Gasteiger partial charge in [-0.25, -0.2) is 9.18 Å². The van der Waals surface area contributed by atoms with Gasteiger partial charge in [-0.2, -0.15) is 0 Å². The van der Waals surface area contributed by atoms with E-state index in [1.807, 2.05) is 30.3 Å². The Morgan fingerprint density at radius 3 is 2.45 bits per heavy atom. The molecule has 0 saturated heterocycles. The van der Waals surface area contributed by atoms with Crippen LogP contribution in [0.15, 0.2) is 54.6 Å². The molecule has 0 aromatic heterocycles. The number of halogens is 1. The first-order valence-electron chi connectivity index (χ1n) is 6.22. The second kappa shape index (κ2) is 7.13. The normalized spacial score (nSPS) is 9.85. The molecule has 2 rings (SSSR count). The summed E-state index contributed by atoms with van der Waals surface area (Å²) in [6.07, 6.45) is 0. The van der Waals surface area contributed by atoms with Crippen LogP contribution in [0.25, 0.3) is 0 Å². The van der Waals surface area contributed by atoms with Crippen molar-refractivity contribution >= 4 is 11.7 Å². The maximum absolute atomic E-state index is 12.7. The molecular weight excluding hydrogens is 259 g/mol. The highest BCUT2D eigenvalue weighted by molar-refractivity contribution is 5.89. The molecule has 0 aliphatic heterocycles. The zero-order valence-electron chi connectivity index (χ0n) is 10.8. The highest BCUT2D eigenvalue weighted by atomic mass is 19.1. The van der Waals surface area contributed by atoms with E-state index in [0.29, 0.717) is 18.8 Å². The number of nitrogens with one attached hydrogen (secondary N) is 2. The number of hydrogen-bond acceptors (Lipinski definition) is 2. The molecule has 2 aromatic carbocycles. The molecule has 0 atom stereocenters. The average Bonchev–Trinajstić information content (AvgIpc) is 2.47. The van der Waals surface area contributed by atoms with Gasteiger partial charge in [0.1, 0.15) is 18.2 Å². The number of para-hydroxylation sites is 1. The van der Waals surface area contributed by atoms with E-state index in [1.54, 1.807) is 0 Å². The van der Waals surface area contributed by atoms with Crippen molar-refractivity contribution < 1.29 is 13.9 Å². The number of ether oxygens (including phenoxy) is 1. The smallest absolute Gasteiger partial charge is 0.319 e. The minimum atomic E-state index is -0.353. The van der Waals surface area contributed by atoms with Gasteiger partial charge in [0.05, 0.1) is 6.54 Å². The van der Waals surface area contributed by atoms with Crippen LogP contribution >= 0.6 is 0 Å². The summed E-state index contributed by atoms with van der Waals surface area (Å²) in [5, 5.41) is 5.24. The zero-order chi connectivity index (χ0) is 14.2. The van der Waals surface area contributed by atoms with E-state index in [4.69, 9.17) is 4.74 Å². The molecule has 4 nitrogen and oxygen atoms in total. The van der Waals surface area contributed by atoms with Crippen LogP contribution in [0.1, 0.15) is 0 Å². The van der Waals surface area contributed by atoms with Crippen molar-refractivity contribution in [3.63, 3.8) is 0 Å². The van der Waals surface area contributed by atoms with Gasteiger partial charge < -0.3 is 15.4 Å². The van der Waals surface area contributed by atoms with Crippen LogP contribution < -0.4 is 15.4 Å². The summed E-state index contributed by atoms with van der Waals surface area (Å²) in [6, 6.07) is 14.6. The van der Waals surface area contributed by atoms with Gasteiger partial charge in [-0.3, -0.25) is 0 Å². The molecule has 0 bridgehead atoms. The van der Waals surface area contributed by atoms with Crippen LogP contribution in [-0.4, -0.2) is 19.2 Å². The van der Waals surface area contributed by atoms with Gasteiger partial charge in [0.15, 0.2) is 0 Å². The number of carbonyl (C=O) groups excluding carboxylic acids is 1. The number of hydrogen-bond donors (Lipinski definition) is 2. The summed E-state index contributed by atoms with van der Waals surface area (Å²) < 4.78 is 18.1. The van der Waals surface area contributed by atoms with E-state index in [9.17, 15) is 9.18 Å². The van der Waals surface area contributed by atoms with Crippen molar-refractivity contribution in [3.05, 3.63) is 60.4 Å². The SMILES string of the molecule is O=C(NCCOc1ccccc1)Nc1ccc(F)cc1. The Hall–Kier alpha value is -2.56. The Balaban J connectivity index is 1.66. The number of benzene rings is 2. The van der Waals surface area contributed by atoms with Gasteiger partial charge >= 0.3 is 6.03 Å². The monoisotopic (exact) mass is 274 g/mol. The molecule has 0 radical (unpaired) electrons. The topological polar surface area (TPSA) is 50.4 Å². The maximum atomic E-state index is 12.7. The second-order valence-corrected chi connectivity index (χ2v) is 4.05. The van der Waals surface area contributed by atoms with Gasteiger partial charge in [0.25, 0.3) is 0 Å². The molecule has 0 aliphatic carbocycles. The van der Waals surface area contributed by atoms with Crippen LogP contribution in [0.3, 0.4) is 0 Å². The summed E-state index contributed by atoms with van der Waals surface area (Å²) in [6.45, 7) is 0.753. The summed E-state index contributed by atoms with van der Waals surface area (Å²) in [4.78, 5) is 11.5. The molecule has 0 unspecified atom stereocenters. The lowest BCUT2D eigenvalue weighted by atomic mass is 10.3. The Labute approximate surface area is 116 Å². The Kier molecular flexibility index (Phi) is 4.94. The van der Waals surface area contributed by atoms with Crippen molar-refractivity contribution in [1.82, 2.24) is 5.32 Å². The predicted octanol–water partition coefficient (Wildman–Crippen LogP) is 3.03. The molecule has 0 fully saturated rings. The summed E-state index contributed by atoms with van der Waals surface area (Å²) in [5.74, 6) is 0.417. The third-order valence-electron chi connectivity index (χ3n) is 2.50. The van der Waals surface area contributed by atoms with Crippen molar-refractivity contribution in [2.24, 2.45) is 0 Å². The maximum Gasteiger partial charge on any atom is 0.319 e. The fourth-order valence-corrected chi connectivity index (χ4v) is 1.56. The molecule has 104 valence electrons. The lowest BCUT2D eigenvalue weighted by Crippen LogP contribution is -2.32. The van der Waals surface area contributed by atoms with Gasteiger partial charge in [-0.1, -0.05) is 18.2 Å². The van der Waals surface area contributed by atoms with E-state index < -0.39 is 0 Å². The molecule has 2 N–H and O–H groups in total. The quantitative estimate of drug-likeness (QED) is 0.823. The molecular formula is C15H15FN2O2. The van der Waals surface area contributed by atoms with Gasteiger partial charge in [-0.15, -0.1) is 0 Å². The molecule has 0 aliphatic rings. The number of anilines is 1. The summed E-state index contributed by atoms with van der Waals surface area (Å²) in [7, 11) is 0. The minimum absolute atomic E-state index is 0.341. The molecule has 2 amide bonds. The largest absolute Gasteiger partial charge is 0.492 e. The van der Waals surface area contributed by atoms with Crippen molar-refractivity contribution in [3.8, 4) is 5.75 Å². The Morgan fingerprint density at radius 1 is 1.05 bits per heavy atom.